The molecule has 0 fully saturated rings. The lowest BCUT2D eigenvalue weighted by atomic mass is 10.1. The summed E-state index contributed by atoms with van der Waals surface area (Å²) < 4.78 is 5.36. The number of benzene rings is 2. The second-order valence-corrected chi connectivity index (χ2v) is 5.43. The number of aliphatic hydroxyl groups excluding tert-OH is 1. The molecule has 0 saturated carbocycles. The number of nitro groups is 1. The SMILES string of the molecule is CCOc1cccc(N[C@H]2c3ccccc3C[C@H]2O)c1[N+](=O)[O-]. The molecule has 3 rings (SSSR count). The van der Waals surface area contributed by atoms with Crippen LogP contribution in [-0.2, 0) is 6.42 Å². The molecule has 0 aromatic heterocycles. The van der Waals surface area contributed by atoms with Gasteiger partial charge in [-0.3, -0.25) is 10.1 Å². The average molecular weight is 314 g/mol. The average Bonchev–Trinajstić information content (AvgIpc) is 2.84. The van der Waals surface area contributed by atoms with Crippen molar-refractivity contribution in [1.82, 2.24) is 0 Å². The Balaban J connectivity index is 1.97. The van der Waals surface area contributed by atoms with Crippen molar-refractivity contribution in [2.45, 2.75) is 25.5 Å². The normalized spacial score (nSPS) is 19.2. The lowest BCUT2D eigenvalue weighted by Gasteiger charge is -2.19. The molecule has 2 N–H and O–H groups in total. The number of hydrogen-bond acceptors (Lipinski definition) is 5. The predicted octanol–water partition coefficient (Wildman–Crippen LogP) is 3.06. The van der Waals surface area contributed by atoms with Gasteiger partial charge in [-0.25, -0.2) is 0 Å². The summed E-state index contributed by atoms with van der Waals surface area (Å²) in [5, 5.41) is 24.9. The highest BCUT2D eigenvalue weighted by Crippen LogP contribution is 2.40. The number of fused-ring (bicyclic) bond motifs is 1. The Kier molecular flexibility index (Phi) is 4.16. The van der Waals surface area contributed by atoms with Gasteiger partial charge in [0, 0.05) is 6.42 Å². The van der Waals surface area contributed by atoms with E-state index in [1.54, 1.807) is 25.1 Å². The number of rotatable bonds is 5. The molecule has 6 heteroatoms. The second kappa shape index (κ2) is 6.26. The fourth-order valence-electron chi connectivity index (χ4n) is 3.01. The smallest absolute Gasteiger partial charge is 0.333 e. The van der Waals surface area contributed by atoms with Crippen LogP contribution in [0.1, 0.15) is 24.1 Å². The fourth-order valence-corrected chi connectivity index (χ4v) is 3.01. The molecule has 120 valence electrons. The number of anilines is 1. The van der Waals surface area contributed by atoms with Gasteiger partial charge in [0.25, 0.3) is 0 Å². The lowest BCUT2D eigenvalue weighted by Crippen LogP contribution is -2.21. The third-order valence-corrected chi connectivity index (χ3v) is 4.00. The molecule has 0 saturated heterocycles. The maximum absolute atomic E-state index is 11.4. The van der Waals surface area contributed by atoms with E-state index in [0.29, 0.717) is 18.7 Å². The van der Waals surface area contributed by atoms with Crippen LogP contribution in [0.3, 0.4) is 0 Å². The Hall–Kier alpha value is -2.60. The minimum atomic E-state index is -0.622. The van der Waals surface area contributed by atoms with Crippen LogP contribution in [0.4, 0.5) is 11.4 Å². The van der Waals surface area contributed by atoms with Gasteiger partial charge in [-0.15, -0.1) is 0 Å². The van der Waals surface area contributed by atoms with E-state index in [9.17, 15) is 15.2 Å². The van der Waals surface area contributed by atoms with Crippen LogP contribution >= 0.6 is 0 Å². The third-order valence-electron chi connectivity index (χ3n) is 4.00. The molecule has 0 amide bonds. The van der Waals surface area contributed by atoms with E-state index >= 15 is 0 Å². The summed E-state index contributed by atoms with van der Waals surface area (Å²) in [6.45, 7) is 2.12. The molecule has 2 aromatic carbocycles. The lowest BCUT2D eigenvalue weighted by molar-refractivity contribution is -0.385. The molecule has 0 bridgehead atoms. The van der Waals surface area contributed by atoms with Crippen LogP contribution in [0.2, 0.25) is 0 Å². The van der Waals surface area contributed by atoms with Crippen molar-refractivity contribution in [2.24, 2.45) is 0 Å². The van der Waals surface area contributed by atoms with Gasteiger partial charge in [0.1, 0.15) is 5.69 Å². The molecule has 23 heavy (non-hydrogen) atoms. The summed E-state index contributed by atoms with van der Waals surface area (Å²) >= 11 is 0. The summed E-state index contributed by atoms with van der Waals surface area (Å²) in [5.41, 5.74) is 2.27. The van der Waals surface area contributed by atoms with Crippen molar-refractivity contribution in [3.05, 3.63) is 63.7 Å². The van der Waals surface area contributed by atoms with Gasteiger partial charge in [-0.1, -0.05) is 30.3 Å². The minimum absolute atomic E-state index is 0.106. The van der Waals surface area contributed by atoms with Gasteiger partial charge in [0.2, 0.25) is 0 Å². The molecule has 1 aliphatic carbocycles. The third kappa shape index (κ3) is 2.85. The number of ether oxygens (including phenoxy) is 1. The molecule has 1 aliphatic rings. The van der Waals surface area contributed by atoms with Gasteiger partial charge >= 0.3 is 5.69 Å². The van der Waals surface area contributed by atoms with Gasteiger partial charge in [0.05, 0.1) is 23.7 Å². The Labute approximate surface area is 133 Å². The van der Waals surface area contributed by atoms with E-state index < -0.39 is 11.0 Å². The standard InChI is InChI=1S/C17H18N2O4/c1-2-23-15-9-5-8-13(17(15)19(21)22)18-16-12-7-4-3-6-11(12)10-14(16)20/h3-9,14,16,18,20H,2,10H2,1H3/t14-,16+/m1/s1. The Morgan fingerprint density at radius 1 is 1.30 bits per heavy atom. The Morgan fingerprint density at radius 2 is 2.09 bits per heavy atom. The summed E-state index contributed by atoms with van der Waals surface area (Å²) in [4.78, 5) is 11.0. The zero-order valence-corrected chi connectivity index (χ0v) is 12.7. The summed E-state index contributed by atoms with van der Waals surface area (Å²) in [6, 6.07) is 12.3. The minimum Gasteiger partial charge on any atom is -0.487 e. The highest BCUT2D eigenvalue weighted by atomic mass is 16.6. The molecule has 0 radical (unpaired) electrons. The molecule has 0 aliphatic heterocycles. The van der Waals surface area contributed by atoms with Crippen molar-refractivity contribution in [3.8, 4) is 5.75 Å². The quantitative estimate of drug-likeness (QED) is 0.654. The van der Waals surface area contributed by atoms with Crippen LogP contribution < -0.4 is 10.1 Å². The Bertz CT molecular complexity index is 732. The number of para-hydroxylation sites is 1. The van der Waals surface area contributed by atoms with Gasteiger partial charge in [-0.2, -0.15) is 0 Å². The predicted molar refractivity (Wildman–Crippen MR) is 86.8 cm³/mol. The number of nitrogens with zero attached hydrogens (tertiary/aromatic N) is 1. The van der Waals surface area contributed by atoms with Crippen LogP contribution in [-0.4, -0.2) is 22.7 Å². The van der Waals surface area contributed by atoms with Gasteiger partial charge in [-0.05, 0) is 30.2 Å². The van der Waals surface area contributed by atoms with Crippen molar-refractivity contribution in [2.75, 3.05) is 11.9 Å². The van der Waals surface area contributed by atoms with Crippen molar-refractivity contribution >= 4 is 11.4 Å². The highest BCUT2D eigenvalue weighted by molar-refractivity contribution is 5.69. The molecule has 0 unspecified atom stereocenters. The number of aliphatic hydroxyl groups is 1. The first-order valence-corrected chi connectivity index (χ1v) is 7.54. The molecular formula is C17H18N2O4. The van der Waals surface area contributed by atoms with E-state index in [1.165, 1.54) is 0 Å². The van der Waals surface area contributed by atoms with Crippen molar-refractivity contribution < 1.29 is 14.8 Å². The summed E-state index contributed by atoms with van der Waals surface area (Å²) in [5.74, 6) is 0.225. The molecule has 2 aromatic rings. The van der Waals surface area contributed by atoms with Crippen LogP contribution in [0.15, 0.2) is 42.5 Å². The maximum atomic E-state index is 11.4. The molecule has 2 atom stereocenters. The zero-order valence-electron chi connectivity index (χ0n) is 12.7. The van der Waals surface area contributed by atoms with Crippen LogP contribution in [0.5, 0.6) is 5.75 Å². The first-order chi connectivity index (χ1) is 11.1. The number of hydrogen-bond donors (Lipinski definition) is 2. The van der Waals surface area contributed by atoms with E-state index in [2.05, 4.69) is 5.32 Å². The Morgan fingerprint density at radius 3 is 2.83 bits per heavy atom. The van der Waals surface area contributed by atoms with E-state index in [1.807, 2.05) is 24.3 Å². The zero-order chi connectivity index (χ0) is 16.4. The number of nitrogens with one attached hydrogen (secondary N) is 1. The van der Waals surface area contributed by atoms with Gasteiger partial charge in [0.15, 0.2) is 5.75 Å². The fraction of sp³-hybridized carbons (Fsp3) is 0.294. The van der Waals surface area contributed by atoms with E-state index in [0.717, 1.165) is 11.1 Å². The van der Waals surface area contributed by atoms with E-state index in [-0.39, 0.29) is 17.5 Å². The van der Waals surface area contributed by atoms with Crippen LogP contribution in [0, 0.1) is 10.1 Å². The molecule has 0 heterocycles. The monoisotopic (exact) mass is 314 g/mol. The summed E-state index contributed by atoms with van der Waals surface area (Å²) in [7, 11) is 0. The van der Waals surface area contributed by atoms with Crippen molar-refractivity contribution in [3.63, 3.8) is 0 Å². The summed E-state index contributed by atoms with van der Waals surface area (Å²) in [6.07, 6.45) is -0.0879. The van der Waals surface area contributed by atoms with Crippen LogP contribution in [0.25, 0.3) is 0 Å². The highest BCUT2D eigenvalue weighted by Gasteiger charge is 2.33. The second-order valence-electron chi connectivity index (χ2n) is 5.43. The molecule has 6 nitrogen and oxygen atoms in total. The topological polar surface area (TPSA) is 84.6 Å². The molecule has 0 spiro atoms. The number of nitro benzene ring substituents is 1. The largest absolute Gasteiger partial charge is 0.487 e. The first-order valence-electron chi connectivity index (χ1n) is 7.54. The van der Waals surface area contributed by atoms with Crippen molar-refractivity contribution in [1.29, 1.82) is 0 Å². The van der Waals surface area contributed by atoms with E-state index in [4.69, 9.17) is 4.74 Å². The first kappa shape index (κ1) is 15.3. The maximum Gasteiger partial charge on any atom is 0.333 e. The molecular weight excluding hydrogens is 296 g/mol. The van der Waals surface area contributed by atoms with Gasteiger partial charge < -0.3 is 15.2 Å².